The molecular formula is C56H114NO7P. The number of unbranched alkanes of at least 4 members (excludes halogenated alkanes) is 41. The van der Waals surface area contributed by atoms with Crippen LogP contribution < -0.4 is 4.89 Å². The lowest BCUT2D eigenvalue weighted by molar-refractivity contribution is -0.870. The second kappa shape index (κ2) is 49.9. The summed E-state index contributed by atoms with van der Waals surface area (Å²) in [7, 11) is 1.38. The zero-order chi connectivity index (χ0) is 47.6. The van der Waals surface area contributed by atoms with E-state index in [9.17, 15) is 14.3 Å². The predicted octanol–water partition coefficient (Wildman–Crippen LogP) is 17.3. The minimum absolute atomic E-state index is 0.0319. The Kier molecular flexibility index (Phi) is 49.5. The van der Waals surface area contributed by atoms with Crippen LogP contribution in [0.2, 0.25) is 0 Å². The molecule has 0 N–H and O–H groups in total. The molecule has 0 fully saturated rings. The van der Waals surface area contributed by atoms with Crippen molar-refractivity contribution in [2.45, 2.75) is 302 Å². The third-order valence-corrected chi connectivity index (χ3v) is 14.1. The predicted molar refractivity (Wildman–Crippen MR) is 278 cm³/mol. The Hall–Kier alpha value is -0.500. The quantitative estimate of drug-likeness (QED) is 0.0259. The van der Waals surface area contributed by atoms with E-state index in [1.807, 2.05) is 21.1 Å². The summed E-state index contributed by atoms with van der Waals surface area (Å²) >= 11 is 0. The van der Waals surface area contributed by atoms with Gasteiger partial charge in [-0.25, -0.2) is 0 Å². The molecule has 0 aromatic rings. The number of ether oxygens (including phenoxy) is 2. The Labute approximate surface area is 406 Å². The van der Waals surface area contributed by atoms with Gasteiger partial charge in [0.25, 0.3) is 7.82 Å². The molecule has 0 aliphatic heterocycles. The van der Waals surface area contributed by atoms with Gasteiger partial charge in [-0.05, 0) is 12.8 Å². The normalized spacial score (nSPS) is 13.4. The van der Waals surface area contributed by atoms with Gasteiger partial charge < -0.3 is 27.9 Å². The van der Waals surface area contributed by atoms with Crippen LogP contribution in [0.5, 0.6) is 0 Å². The van der Waals surface area contributed by atoms with Gasteiger partial charge in [0, 0.05) is 13.0 Å². The molecule has 65 heavy (non-hydrogen) atoms. The summed E-state index contributed by atoms with van der Waals surface area (Å²) in [4.78, 5) is 25.2. The van der Waals surface area contributed by atoms with Gasteiger partial charge in [0.2, 0.25) is 0 Å². The fourth-order valence-corrected chi connectivity index (χ4v) is 9.46. The van der Waals surface area contributed by atoms with Gasteiger partial charge >= 0.3 is 5.97 Å². The van der Waals surface area contributed by atoms with E-state index in [1.165, 1.54) is 244 Å². The van der Waals surface area contributed by atoms with E-state index >= 15 is 0 Å². The highest BCUT2D eigenvalue weighted by molar-refractivity contribution is 7.45. The van der Waals surface area contributed by atoms with Crippen LogP contribution in [0, 0.1) is 0 Å². The summed E-state index contributed by atoms with van der Waals surface area (Å²) in [6.45, 7) is 5.50. The topological polar surface area (TPSA) is 94.1 Å². The molecule has 0 spiro atoms. The van der Waals surface area contributed by atoms with Gasteiger partial charge in [0.1, 0.15) is 19.3 Å². The van der Waals surface area contributed by atoms with Gasteiger partial charge in [-0.2, -0.15) is 0 Å². The zero-order valence-corrected chi connectivity index (χ0v) is 45.4. The van der Waals surface area contributed by atoms with Crippen molar-refractivity contribution in [3.05, 3.63) is 0 Å². The fourth-order valence-electron chi connectivity index (χ4n) is 8.73. The average molecular weight is 945 g/mol. The lowest BCUT2D eigenvalue weighted by Gasteiger charge is -2.28. The van der Waals surface area contributed by atoms with Crippen molar-refractivity contribution in [1.29, 1.82) is 0 Å². The molecule has 0 rings (SSSR count). The average Bonchev–Trinajstić information content (AvgIpc) is 3.27. The van der Waals surface area contributed by atoms with Crippen molar-refractivity contribution < 1.29 is 37.3 Å². The number of phosphoric acid groups is 1. The smallest absolute Gasteiger partial charge is 0.306 e. The van der Waals surface area contributed by atoms with Gasteiger partial charge in [-0.1, -0.05) is 277 Å². The maximum atomic E-state index is 12.8. The number of hydrogen-bond donors (Lipinski definition) is 0. The monoisotopic (exact) mass is 944 g/mol. The van der Waals surface area contributed by atoms with Crippen LogP contribution in [0.3, 0.4) is 0 Å². The number of phosphoric ester groups is 1. The molecule has 2 atom stereocenters. The molecule has 0 amide bonds. The Bertz CT molecular complexity index is 1010. The van der Waals surface area contributed by atoms with Crippen LogP contribution >= 0.6 is 7.82 Å². The number of carbonyl (C=O) groups excluding carboxylic acids is 1. The first-order valence-electron chi connectivity index (χ1n) is 28.8. The molecule has 0 aliphatic carbocycles. The molecule has 1 unspecified atom stereocenters. The summed E-state index contributed by atoms with van der Waals surface area (Å²) in [5, 5.41) is 0. The highest BCUT2D eigenvalue weighted by Gasteiger charge is 2.20. The number of nitrogens with zero attached hydrogens (tertiary/aromatic N) is 1. The molecule has 9 heteroatoms. The van der Waals surface area contributed by atoms with Crippen molar-refractivity contribution in [2.24, 2.45) is 0 Å². The minimum Gasteiger partial charge on any atom is -0.756 e. The minimum atomic E-state index is -4.52. The van der Waals surface area contributed by atoms with Crippen molar-refractivity contribution >= 4 is 13.8 Å². The zero-order valence-electron chi connectivity index (χ0n) is 44.5. The first-order valence-corrected chi connectivity index (χ1v) is 30.2. The van der Waals surface area contributed by atoms with Gasteiger partial charge in [-0.15, -0.1) is 0 Å². The third kappa shape index (κ3) is 54.3. The summed E-state index contributed by atoms with van der Waals surface area (Å²) in [6, 6.07) is 0. The lowest BCUT2D eigenvalue weighted by atomic mass is 10.0. The van der Waals surface area contributed by atoms with E-state index < -0.39 is 13.9 Å². The molecule has 390 valence electrons. The standard InChI is InChI=1S/C56H114NO7P/c1-6-8-10-12-14-16-18-20-22-24-25-26-27-28-29-30-31-32-33-34-35-37-39-41-43-45-47-49-56(58)64-55(54-63-65(59,60)62-52-50-57(3,4)5)53-61-51-48-46-44-42-40-38-36-23-21-19-17-15-13-11-9-7-2/h55H,6-54H2,1-5H3/t55-/m1/s1. The number of rotatable bonds is 55. The third-order valence-electron chi connectivity index (χ3n) is 13.2. The SMILES string of the molecule is CCCCCCCCCCCCCCCCCCCCCCCCCCCCCC(=O)O[C@H](COCCCCCCCCCCCCCCCCCC)COP(=O)([O-])OCC[N+](C)(C)C. The number of likely N-dealkylation sites (N-methyl/N-ethyl adjacent to an activating group) is 1. The van der Waals surface area contributed by atoms with E-state index in [2.05, 4.69) is 13.8 Å². The van der Waals surface area contributed by atoms with E-state index in [4.69, 9.17) is 18.5 Å². The Balaban J connectivity index is 3.96. The first kappa shape index (κ1) is 64.5. The maximum absolute atomic E-state index is 12.8. The van der Waals surface area contributed by atoms with Crippen LogP contribution in [0.1, 0.15) is 296 Å². The van der Waals surface area contributed by atoms with Gasteiger partial charge in [0.05, 0.1) is 34.4 Å². The summed E-state index contributed by atoms with van der Waals surface area (Å²) < 4.78 is 34.8. The van der Waals surface area contributed by atoms with Crippen LogP contribution in [-0.2, 0) is 27.9 Å². The van der Waals surface area contributed by atoms with E-state index in [1.54, 1.807) is 0 Å². The summed E-state index contributed by atoms with van der Waals surface area (Å²) in [5.41, 5.74) is 0. The Morgan fingerprint density at radius 3 is 1.02 bits per heavy atom. The number of hydrogen-bond acceptors (Lipinski definition) is 7. The molecule has 0 bridgehead atoms. The highest BCUT2D eigenvalue weighted by atomic mass is 31.2. The molecule has 0 aromatic heterocycles. The molecule has 0 saturated carbocycles. The summed E-state index contributed by atoms with van der Waals surface area (Å²) in [5.74, 6) is -0.323. The summed E-state index contributed by atoms with van der Waals surface area (Å²) in [6.07, 6.45) is 57.2. The Morgan fingerprint density at radius 1 is 0.415 bits per heavy atom. The van der Waals surface area contributed by atoms with E-state index in [0.717, 1.165) is 32.1 Å². The van der Waals surface area contributed by atoms with E-state index in [0.29, 0.717) is 24.1 Å². The molecule has 0 aliphatic rings. The maximum Gasteiger partial charge on any atom is 0.306 e. The largest absolute Gasteiger partial charge is 0.756 e. The second-order valence-corrected chi connectivity index (χ2v) is 22.4. The van der Waals surface area contributed by atoms with Crippen molar-refractivity contribution in [3.8, 4) is 0 Å². The molecular weight excluding hydrogens is 830 g/mol. The molecule has 0 aromatic carbocycles. The number of carbonyl (C=O) groups is 1. The van der Waals surface area contributed by atoms with E-state index in [-0.39, 0.29) is 25.8 Å². The highest BCUT2D eigenvalue weighted by Crippen LogP contribution is 2.38. The molecule has 0 radical (unpaired) electrons. The van der Waals surface area contributed by atoms with Gasteiger partial charge in [0.15, 0.2) is 0 Å². The Morgan fingerprint density at radius 2 is 0.708 bits per heavy atom. The second-order valence-electron chi connectivity index (χ2n) is 21.0. The lowest BCUT2D eigenvalue weighted by Crippen LogP contribution is -2.37. The fraction of sp³-hybridized carbons (Fsp3) is 0.982. The molecule has 0 saturated heterocycles. The van der Waals surface area contributed by atoms with Crippen molar-refractivity contribution in [3.63, 3.8) is 0 Å². The molecule has 0 heterocycles. The van der Waals surface area contributed by atoms with Crippen LogP contribution in [0.15, 0.2) is 0 Å². The van der Waals surface area contributed by atoms with Crippen LogP contribution in [0.25, 0.3) is 0 Å². The molecule has 8 nitrogen and oxygen atoms in total. The number of esters is 1. The van der Waals surface area contributed by atoms with Gasteiger partial charge in [-0.3, -0.25) is 9.36 Å². The van der Waals surface area contributed by atoms with Crippen molar-refractivity contribution in [2.75, 3.05) is 54.1 Å². The first-order chi connectivity index (χ1) is 31.6. The van der Waals surface area contributed by atoms with Crippen LogP contribution in [0.4, 0.5) is 0 Å². The number of quaternary nitrogens is 1. The van der Waals surface area contributed by atoms with Crippen LogP contribution in [-0.4, -0.2) is 70.7 Å². The van der Waals surface area contributed by atoms with Crippen molar-refractivity contribution in [1.82, 2.24) is 0 Å².